The maximum atomic E-state index is 12.2. The molecule has 0 bridgehead atoms. The van der Waals surface area contributed by atoms with Crippen molar-refractivity contribution in [3.63, 3.8) is 0 Å². The first-order valence-corrected chi connectivity index (χ1v) is 6.68. The lowest BCUT2D eigenvalue weighted by atomic mass is 10.0. The van der Waals surface area contributed by atoms with Crippen LogP contribution in [0.2, 0.25) is 0 Å². The Morgan fingerprint density at radius 2 is 2.43 bits per heavy atom. The molecule has 1 amide bonds. The van der Waals surface area contributed by atoms with Crippen LogP contribution in [-0.2, 0) is 9.53 Å². The number of amides is 1. The van der Waals surface area contributed by atoms with Gasteiger partial charge in [-0.15, -0.1) is 0 Å². The number of amidine groups is 1. The number of oxime groups is 1. The molecule has 0 spiro atoms. The standard InChI is InChI=1S/C14H19N3O4/c1-14(6-3-7-21-14)13(18)16-10-4-2-5-11(8-10)20-9-12(15)17-19/h2,4-5,8,19H,3,6-7,9H2,1H3,(H2,15,17)(H,16,18). The van der Waals surface area contributed by atoms with Crippen molar-refractivity contribution in [1.29, 1.82) is 0 Å². The van der Waals surface area contributed by atoms with Gasteiger partial charge in [0.2, 0.25) is 0 Å². The van der Waals surface area contributed by atoms with Gasteiger partial charge in [0.1, 0.15) is 18.0 Å². The third-order valence-electron chi connectivity index (χ3n) is 3.31. The molecular weight excluding hydrogens is 274 g/mol. The lowest BCUT2D eigenvalue weighted by molar-refractivity contribution is -0.133. The molecule has 1 saturated heterocycles. The number of nitrogens with one attached hydrogen (secondary N) is 1. The highest BCUT2D eigenvalue weighted by molar-refractivity contribution is 5.97. The minimum Gasteiger partial charge on any atom is -0.485 e. The third-order valence-corrected chi connectivity index (χ3v) is 3.31. The number of benzene rings is 1. The molecule has 1 aromatic rings. The first-order valence-electron chi connectivity index (χ1n) is 6.68. The Bertz CT molecular complexity index is 539. The smallest absolute Gasteiger partial charge is 0.256 e. The minimum absolute atomic E-state index is 0.0312. The average molecular weight is 293 g/mol. The maximum Gasteiger partial charge on any atom is 0.256 e. The summed E-state index contributed by atoms with van der Waals surface area (Å²) in [5, 5.41) is 14.1. The van der Waals surface area contributed by atoms with Crippen LogP contribution < -0.4 is 15.8 Å². The zero-order valence-corrected chi connectivity index (χ0v) is 11.8. The quantitative estimate of drug-likeness (QED) is 0.328. The molecule has 1 fully saturated rings. The van der Waals surface area contributed by atoms with E-state index in [9.17, 15) is 4.79 Å². The fourth-order valence-electron chi connectivity index (χ4n) is 2.07. The number of hydrogen-bond donors (Lipinski definition) is 3. The number of nitrogens with two attached hydrogens (primary N) is 1. The van der Waals surface area contributed by atoms with Crippen molar-refractivity contribution in [2.45, 2.75) is 25.4 Å². The highest BCUT2D eigenvalue weighted by atomic mass is 16.5. The van der Waals surface area contributed by atoms with E-state index in [-0.39, 0.29) is 18.3 Å². The van der Waals surface area contributed by atoms with Crippen LogP contribution in [0.3, 0.4) is 0 Å². The van der Waals surface area contributed by atoms with Gasteiger partial charge in [-0.05, 0) is 31.9 Å². The zero-order chi connectivity index (χ0) is 15.3. The topological polar surface area (TPSA) is 106 Å². The van der Waals surface area contributed by atoms with Gasteiger partial charge in [0, 0.05) is 18.4 Å². The Kier molecular flexibility index (Phi) is 4.64. The largest absolute Gasteiger partial charge is 0.485 e. The van der Waals surface area contributed by atoms with E-state index in [1.807, 2.05) is 0 Å². The second kappa shape index (κ2) is 6.45. The fraction of sp³-hybridized carbons (Fsp3) is 0.429. The molecule has 2 rings (SSSR count). The number of nitrogens with zero attached hydrogens (tertiary/aromatic N) is 1. The Hall–Kier alpha value is -2.28. The molecule has 1 aliphatic heterocycles. The highest BCUT2D eigenvalue weighted by Gasteiger charge is 2.37. The molecule has 0 saturated carbocycles. The molecule has 1 heterocycles. The van der Waals surface area contributed by atoms with Crippen LogP contribution in [-0.4, -0.2) is 35.8 Å². The molecule has 7 nitrogen and oxygen atoms in total. The van der Waals surface area contributed by atoms with Gasteiger partial charge < -0.3 is 25.7 Å². The van der Waals surface area contributed by atoms with Crippen molar-refractivity contribution >= 4 is 17.4 Å². The summed E-state index contributed by atoms with van der Waals surface area (Å²) in [6.07, 6.45) is 1.59. The van der Waals surface area contributed by atoms with E-state index in [0.29, 0.717) is 24.5 Å². The monoisotopic (exact) mass is 293 g/mol. The van der Waals surface area contributed by atoms with E-state index in [0.717, 1.165) is 6.42 Å². The van der Waals surface area contributed by atoms with Crippen molar-refractivity contribution in [2.24, 2.45) is 10.9 Å². The van der Waals surface area contributed by atoms with Crippen LogP contribution in [0.1, 0.15) is 19.8 Å². The van der Waals surface area contributed by atoms with Gasteiger partial charge in [0.15, 0.2) is 5.84 Å². The molecule has 1 unspecified atom stereocenters. The van der Waals surface area contributed by atoms with Gasteiger partial charge in [-0.2, -0.15) is 0 Å². The first-order chi connectivity index (χ1) is 10.0. The molecule has 21 heavy (non-hydrogen) atoms. The second-order valence-corrected chi connectivity index (χ2v) is 5.04. The van der Waals surface area contributed by atoms with Crippen LogP contribution in [0.25, 0.3) is 0 Å². The number of rotatable bonds is 5. The van der Waals surface area contributed by atoms with Crippen LogP contribution >= 0.6 is 0 Å². The summed E-state index contributed by atoms with van der Waals surface area (Å²) < 4.78 is 10.8. The Morgan fingerprint density at radius 3 is 3.10 bits per heavy atom. The summed E-state index contributed by atoms with van der Waals surface area (Å²) in [7, 11) is 0. The van der Waals surface area contributed by atoms with Crippen LogP contribution in [0.4, 0.5) is 5.69 Å². The lowest BCUT2D eigenvalue weighted by Crippen LogP contribution is -2.39. The van der Waals surface area contributed by atoms with Crippen molar-refractivity contribution in [1.82, 2.24) is 0 Å². The van der Waals surface area contributed by atoms with Gasteiger partial charge in [-0.1, -0.05) is 11.2 Å². The Labute approximate surface area is 122 Å². The van der Waals surface area contributed by atoms with Gasteiger partial charge in [0.05, 0.1) is 0 Å². The third kappa shape index (κ3) is 3.85. The number of carbonyl (C=O) groups excluding carboxylic acids is 1. The van der Waals surface area contributed by atoms with Crippen molar-refractivity contribution in [3.8, 4) is 5.75 Å². The van der Waals surface area contributed by atoms with E-state index >= 15 is 0 Å². The van der Waals surface area contributed by atoms with Crippen molar-refractivity contribution in [2.75, 3.05) is 18.5 Å². The van der Waals surface area contributed by atoms with Crippen LogP contribution in [0.5, 0.6) is 5.75 Å². The maximum absolute atomic E-state index is 12.2. The van der Waals surface area contributed by atoms with Gasteiger partial charge in [-0.25, -0.2) is 0 Å². The summed E-state index contributed by atoms with van der Waals surface area (Å²) in [4.78, 5) is 12.2. The molecule has 0 aliphatic carbocycles. The van der Waals surface area contributed by atoms with Crippen molar-refractivity contribution in [3.05, 3.63) is 24.3 Å². The van der Waals surface area contributed by atoms with E-state index in [1.54, 1.807) is 31.2 Å². The molecule has 1 atom stereocenters. The predicted molar refractivity (Wildman–Crippen MR) is 77.6 cm³/mol. The van der Waals surface area contributed by atoms with E-state index in [4.69, 9.17) is 20.4 Å². The summed E-state index contributed by atoms with van der Waals surface area (Å²) in [6.45, 7) is 2.36. The number of anilines is 1. The molecular formula is C14H19N3O4. The van der Waals surface area contributed by atoms with Crippen LogP contribution in [0, 0.1) is 0 Å². The van der Waals surface area contributed by atoms with Gasteiger partial charge in [-0.3, -0.25) is 4.79 Å². The molecule has 1 aliphatic rings. The predicted octanol–water partition coefficient (Wildman–Crippen LogP) is 1.32. The first kappa shape index (κ1) is 15.1. The Balaban J connectivity index is 1.99. The SMILES string of the molecule is CC1(C(=O)Nc2cccc(OC/C(N)=N/O)c2)CCCO1. The Morgan fingerprint density at radius 1 is 1.62 bits per heavy atom. The number of carbonyl (C=O) groups is 1. The minimum atomic E-state index is -0.773. The molecule has 0 aromatic heterocycles. The molecule has 0 radical (unpaired) electrons. The molecule has 7 heteroatoms. The van der Waals surface area contributed by atoms with E-state index in [1.165, 1.54) is 0 Å². The van der Waals surface area contributed by atoms with Crippen molar-refractivity contribution < 1.29 is 19.5 Å². The summed E-state index contributed by atoms with van der Waals surface area (Å²) in [5.41, 5.74) is 5.16. The van der Waals surface area contributed by atoms with Crippen LogP contribution in [0.15, 0.2) is 29.4 Å². The van der Waals surface area contributed by atoms with Gasteiger partial charge in [0.25, 0.3) is 5.91 Å². The molecule has 114 valence electrons. The number of hydrogen-bond acceptors (Lipinski definition) is 5. The number of ether oxygens (including phenoxy) is 2. The summed E-state index contributed by atoms with van der Waals surface area (Å²) in [5.74, 6) is 0.307. The van der Waals surface area contributed by atoms with E-state index < -0.39 is 5.60 Å². The lowest BCUT2D eigenvalue weighted by Gasteiger charge is -2.22. The fourth-order valence-corrected chi connectivity index (χ4v) is 2.07. The second-order valence-electron chi connectivity index (χ2n) is 5.04. The van der Waals surface area contributed by atoms with E-state index in [2.05, 4.69) is 10.5 Å². The summed E-state index contributed by atoms with van der Waals surface area (Å²) >= 11 is 0. The molecule has 4 N–H and O–H groups in total. The normalized spacial score (nSPS) is 22.0. The highest BCUT2D eigenvalue weighted by Crippen LogP contribution is 2.27. The average Bonchev–Trinajstić information content (AvgIpc) is 2.93. The van der Waals surface area contributed by atoms with Gasteiger partial charge >= 0.3 is 0 Å². The molecule has 1 aromatic carbocycles. The zero-order valence-electron chi connectivity index (χ0n) is 11.8. The summed E-state index contributed by atoms with van der Waals surface area (Å²) in [6, 6.07) is 6.89.